The second kappa shape index (κ2) is 8.08. The zero-order valence-electron chi connectivity index (χ0n) is 11.4. The number of hydrogen-bond acceptors (Lipinski definition) is 3. The first-order valence-corrected chi connectivity index (χ1v) is 6.87. The van der Waals surface area contributed by atoms with E-state index < -0.39 is 0 Å². The number of rotatable bonds is 6. The molecule has 0 unspecified atom stereocenters. The Morgan fingerprint density at radius 1 is 1.39 bits per heavy atom. The van der Waals surface area contributed by atoms with Crippen LogP contribution in [0.5, 0.6) is 0 Å². The highest BCUT2D eigenvalue weighted by Gasteiger charge is 2.18. The molecule has 0 aromatic heterocycles. The molecule has 1 aliphatic rings. The molecule has 0 bridgehead atoms. The third-order valence-electron chi connectivity index (χ3n) is 3.39. The van der Waals surface area contributed by atoms with E-state index in [0.717, 1.165) is 32.2 Å². The van der Waals surface area contributed by atoms with Crippen LogP contribution in [0.2, 0.25) is 0 Å². The molecule has 5 heteroatoms. The Bertz CT molecular complexity index is 281. The summed E-state index contributed by atoms with van der Waals surface area (Å²) < 4.78 is 0. The number of carbonyl (C=O) groups excluding carboxylic acids is 2. The highest BCUT2D eigenvalue weighted by atomic mass is 16.2. The third kappa shape index (κ3) is 5.04. The molecule has 104 valence electrons. The van der Waals surface area contributed by atoms with Crippen molar-refractivity contribution in [1.82, 2.24) is 9.80 Å². The van der Waals surface area contributed by atoms with Crippen LogP contribution in [-0.2, 0) is 9.59 Å². The molecule has 0 saturated carbocycles. The second-order valence-corrected chi connectivity index (χ2v) is 4.90. The summed E-state index contributed by atoms with van der Waals surface area (Å²) in [5.74, 6) is 0.297. The lowest BCUT2D eigenvalue weighted by Crippen LogP contribution is -2.36. The van der Waals surface area contributed by atoms with Gasteiger partial charge in [-0.15, -0.1) is 0 Å². The van der Waals surface area contributed by atoms with Crippen molar-refractivity contribution < 1.29 is 9.59 Å². The van der Waals surface area contributed by atoms with Crippen LogP contribution in [0.4, 0.5) is 0 Å². The van der Waals surface area contributed by atoms with Crippen molar-refractivity contribution in [2.45, 2.75) is 38.5 Å². The maximum absolute atomic E-state index is 11.8. The summed E-state index contributed by atoms with van der Waals surface area (Å²) >= 11 is 0. The molecule has 2 amide bonds. The number of amides is 2. The summed E-state index contributed by atoms with van der Waals surface area (Å²) in [5.41, 5.74) is 5.41. The van der Waals surface area contributed by atoms with Gasteiger partial charge in [0, 0.05) is 39.5 Å². The van der Waals surface area contributed by atoms with E-state index >= 15 is 0 Å². The summed E-state index contributed by atoms with van der Waals surface area (Å²) in [6.45, 7) is 2.66. The molecule has 1 fully saturated rings. The lowest BCUT2D eigenvalue weighted by atomic mass is 10.2. The highest BCUT2D eigenvalue weighted by Crippen LogP contribution is 2.11. The monoisotopic (exact) mass is 255 g/mol. The second-order valence-electron chi connectivity index (χ2n) is 4.90. The normalized spacial score (nSPS) is 16.6. The van der Waals surface area contributed by atoms with Crippen molar-refractivity contribution in [2.75, 3.05) is 33.2 Å². The first kappa shape index (κ1) is 15.0. The van der Waals surface area contributed by atoms with Crippen LogP contribution < -0.4 is 5.73 Å². The van der Waals surface area contributed by atoms with Crippen molar-refractivity contribution in [3.63, 3.8) is 0 Å². The number of likely N-dealkylation sites (tertiary alicyclic amines) is 1. The van der Waals surface area contributed by atoms with Crippen LogP contribution in [0.3, 0.4) is 0 Å². The molecule has 1 aliphatic heterocycles. The zero-order chi connectivity index (χ0) is 13.4. The van der Waals surface area contributed by atoms with Gasteiger partial charge in [0.05, 0.1) is 0 Å². The summed E-state index contributed by atoms with van der Waals surface area (Å²) in [5, 5.41) is 0. The van der Waals surface area contributed by atoms with E-state index in [9.17, 15) is 9.59 Å². The van der Waals surface area contributed by atoms with Crippen LogP contribution in [0, 0.1) is 0 Å². The minimum Gasteiger partial charge on any atom is -0.346 e. The molecule has 1 heterocycles. The van der Waals surface area contributed by atoms with Gasteiger partial charge in [-0.1, -0.05) is 6.42 Å². The molecule has 2 N–H and O–H groups in total. The maximum atomic E-state index is 11.8. The highest BCUT2D eigenvalue weighted by molar-refractivity contribution is 5.79. The summed E-state index contributed by atoms with van der Waals surface area (Å²) in [6, 6.07) is 0. The van der Waals surface area contributed by atoms with Gasteiger partial charge in [-0.2, -0.15) is 0 Å². The predicted molar refractivity (Wildman–Crippen MR) is 71.0 cm³/mol. The first-order valence-electron chi connectivity index (χ1n) is 6.87. The quantitative estimate of drug-likeness (QED) is 0.755. The molecule has 1 saturated heterocycles. The number of nitrogens with two attached hydrogens (primary N) is 1. The van der Waals surface area contributed by atoms with Gasteiger partial charge in [0.15, 0.2) is 0 Å². The van der Waals surface area contributed by atoms with Gasteiger partial charge in [0.25, 0.3) is 0 Å². The first-order chi connectivity index (χ1) is 8.65. The molecule has 0 spiro atoms. The van der Waals surface area contributed by atoms with E-state index in [-0.39, 0.29) is 11.8 Å². The van der Waals surface area contributed by atoms with E-state index in [1.54, 1.807) is 11.9 Å². The Kier molecular flexibility index (Phi) is 6.72. The number of carbonyl (C=O) groups is 2. The molecule has 0 atom stereocenters. The molecule has 1 rings (SSSR count). The van der Waals surface area contributed by atoms with Crippen molar-refractivity contribution in [3.05, 3.63) is 0 Å². The molecule has 0 aromatic rings. The molecule has 0 aromatic carbocycles. The van der Waals surface area contributed by atoms with Crippen LogP contribution >= 0.6 is 0 Å². The molecule has 18 heavy (non-hydrogen) atoms. The number of hydrogen-bond donors (Lipinski definition) is 1. The third-order valence-corrected chi connectivity index (χ3v) is 3.39. The van der Waals surface area contributed by atoms with Crippen LogP contribution in [0.15, 0.2) is 0 Å². The summed E-state index contributed by atoms with van der Waals surface area (Å²) in [6.07, 6.45) is 5.05. The topological polar surface area (TPSA) is 66.6 Å². The molecule has 5 nitrogen and oxygen atoms in total. The summed E-state index contributed by atoms with van der Waals surface area (Å²) in [7, 11) is 1.79. The van der Waals surface area contributed by atoms with Gasteiger partial charge in [0.1, 0.15) is 0 Å². The SMILES string of the molecule is CN(CCCN)C(=O)CCN1CCCCCC1=O. The lowest BCUT2D eigenvalue weighted by Gasteiger charge is -2.22. The van der Waals surface area contributed by atoms with Crippen molar-refractivity contribution >= 4 is 11.8 Å². The van der Waals surface area contributed by atoms with E-state index in [0.29, 0.717) is 32.5 Å². The Balaban J connectivity index is 2.29. The lowest BCUT2D eigenvalue weighted by molar-refractivity contribution is -0.133. The van der Waals surface area contributed by atoms with Gasteiger partial charge in [-0.25, -0.2) is 0 Å². The fourth-order valence-corrected chi connectivity index (χ4v) is 2.15. The average Bonchev–Trinajstić information content (AvgIpc) is 2.57. The van der Waals surface area contributed by atoms with E-state index in [1.807, 2.05) is 4.90 Å². The minimum atomic E-state index is 0.0977. The standard InChI is InChI=1S/C13H25N3O2/c1-15(9-5-8-14)12(17)7-11-16-10-4-2-3-6-13(16)18/h2-11,14H2,1H3. The molecular formula is C13H25N3O2. The Labute approximate surface area is 109 Å². The minimum absolute atomic E-state index is 0.0977. The Morgan fingerprint density at radius 3 is 2.89 bits per heavy atom. The van der Waals surface area contributed by atoms with Gasteiger partial charge in [0.2, 0.25) is 11.8 Å². The fraction of sp³-hybridized carbons (Fsp3) is 0.846. The van der Waals surface area contributed by atoms with E-state index in [2.05, 4.69) is 0 Å². The van der Waals surface area contributed by atoms with Crippen molar-refractivity contribution in [1.29, 1.82) is 0 Å². The van der Waals surface area contributed by atoms with E-state index in [1.165, 1.54) is 0 Å². The van der Waals surface area contributed by atoms with Crippen LogP contribution in [0.1, 0.15) is 38.5 Å². The zero-order valence-corrected chi connectivity index (χ0v) is 11.4. The largest absolute Gasteiger partial charge is 0.346 e. The Hall–Kier alpha value is -1.10. The van der Waals surface area contributed by atoms with Crippen molar-refractivity contribution in [2.24, 2.45) is 5.73 Å². The smallest absolute Gasteiger partial charge is 0.224 e. The fourth-order valence-electron chi connectivity index (χ4n) is 2.15. The van der Waals surface area contributed by atoms with Crippen LogP contribution in [0.25, 0.3) is 0 Å². The van der Waals surface area contributed by atoms with E-state index in [4.69, 9.17) is 5.73 Å². The van der Waals surface area contributed by atoms with Crippen molar-refractivity contribution in [3.8, 4) is 0 Å². The van der Waals surface area contributed by atoms with Gasteiger partial charge < -0.3 is 15.5 Å². The molecule has 0 radical (unpaired) electrons. The van der Waals surface area contributed by atoms with Crippen LogP contribution in [-0.4, -0.2) is 54.8 Å². The Morgan fingerprint density at radius 2 is 2.17 bits per heavy atom. The summed E-state index contributed by atoms with van der Waals surface area (Å²) in [4.78, 5) is 27.1. The van der Waals surface area contributed by atoms with Gasteiger partial charge in [-0.3, -0.25) is 9.59 Å². The molecular weight excluding hydrogens is 230 g/mol. The predicted octanol–water partition coefficient (Wildman–Crippen LogP) is 0.586. The van der Waals surface area contributed by atoms with Gasteiger partial charge in [-0.05, 0) is 25.8 Å². The number of nitrogens with zero attached hydrogens (tertiary/aromatic N) is 2. The van der Waals surface area contributed by atoms with Gasteiger partial charge >= 0.3 is 0 Å². The average molecular weight is 255 g/mol. The molecule has 0 aliphatic carbocycles. The maximum Gasteiger partial charge on any atom is 0.224 e.